The zero-order valence-electron chi connectivity index (χ0n) is 27.6. The molecular formula is C38H43N3O6. The summed E-state index contributed by atoms with van der Waals surface area (Å²) in [5, 5.41) is 14.2. The van der Waals surface area contributed by atoms with Crippen molar-refractivity contribution in [2.75, 3.05) is 26.8 Å². The van der Waals surface area contributed by atoms with Crippen molar-refractivity contribution in [2.45, 2.75) is 71.0 Å². The van der Waals surface area contributed by atoms with Crippen LogP contribution >= 0.6 is 0 Å². The molecule has 0 bridgehead atoms. The highest BCUT2D eigenvalue weighted by Gasteiger charge is 2.30. The third-order valence-electron chi connectivity index (χ3n) is 9.39. The summed E-state index contributed by atoms with van der Waals surface area (Å²) in [6.07, 6.45) is 4.93. The summed E-state index contributed by atoms with van der Waals surface area (Å²) < 4.78 is 19.2. The highest BCUT2D eigenvalue weighted by molar-refractivity contribution is 5.92. The number of ether oxygens (including phenoxy) is 3. The number of likely N-dealkylation sites (tertiary alicyclic amines) is 1. The van der Waals surface area contributed by atoms with Gasteiger partial charge in [-0.2, -0.15) is 5.10 Å². The average molecular weight is 638 g/mol. The molecule has 0 radical (unpaired) electrons. The van der Waals surface area contributed by atoms with Crippen molar-refractivity contribution in [1.29, 1.82) is 0 Å². The molecule has 2 aliphatic rings. The molecule has 1 saturated heterocycles. The standard InChI is InChI=1S/C38H43N3O6/c1-5-25-22-30(14-15-31(25)26-17-19-40(20-18-26)36(43)24(3)42)47-34-16-13-27-9-8-12-32(35(27)34)28-10-7-11-29(21-28)41-37(45-4)33(23-39-41)38(44)46-6-2/h7-12,14-15,21-24,26,34,42H,5-6,13,16-20H2,1-4H3/t24?,34-/m0/s1. The monoisotopic (exact) mass is 637 g/mol. The largest absolute Gasteiger partial charge is 0.486 e. The summed E-state index contributed by atoms with van der Waals surface area (Å²) in [7, 11) is 1.52. The maximum atomic E-state index is 12.5. The SMILES string of the molecule is CCOC(=O)c1cnn(-c2cccc(-c3cccc4c3[C@@H](Oc3ccc(C5CCN(C(=O)C(C)O)CC5)c(CC)c3)CC4)c2)c1OC. The molecular weight excluding hydrogens is 594 g/mol. The number of amides is 1. The Morgan fingerprint density at radius 2 is 1.81 bits per heavy atom. The number of carbonyl (C=O) groups excluding carboxylic acids is 2. The van der Waals surface area contributed by atoms with Crippen LogP contribution in [0.4, 0.5) is 0 Å². The Bertz CT molecular complexity index is 1750. The Balaban J connectivity index is 1.24. The molecule has 6 rings (SSSR count). The molecule has 9 heteroatoms. The van der Waals surface area contributed by atoms with E-state index in [9.17, 15) is 14.7 Å². The summed E-state index contributed by atoms with van der Waals surface area (Å²) >= 11 is 0. The maximum absolute atomic E-state index is 12.5. The van der Waals surface area contributed by atoms with Gasteiger partial charge in [0.15, 0.2) is 0 Å². The molecule has 1 fully saturated rings. The first-order chi connectivity index (χ1) is 22.8. The quantitative estimate of drug-likeness (QED) is 0.200. The number of aryl methyl sites for hydroxylation is 2. The van der Waals surface area contributed by atoms with E-state index in [1.54, 1.807) is 16.5 Å². The van der Waals surface area contributed by atoms with E-state index in [-0.39, 0.29) is 24.2 Å². The van der Waals surface area contributed by atoms with Gasteiger partial charge < -0.3 is 24.2 Å². The molecule has 1 aromatic heterocycles. The zero-order valence-corrected chi connectivity index (χ0v) is 27.6. The summed E-state index contributed by atoms with van der Waals surface area (Å²) in [6.45, 7) is 7.07. The fourth-order valence-electron chi connectivity index (χ4n) is 7.08. The number of esters is 1. The van der Waals surface area contributed by atoms with Crippen LogP contribution in [0.2, 0.25) is 0 Å². The van der Waals surface area contributed by atoms with Crippen molar-refractivity contribution in [3.8, 4) is 28.4 Å². The highest BCUT2D eigenvalue weighted by Crippen LogP contribution is 2.42. The van der Waals surface area contributed by atoms with E-state index in [1.165, 1.54) is 42.5 Å². The third-order valence-corrected chi connectivity index (χ3v) is 9.39. The number of nitrogens with zero attached hydrogens (tertiary/aromatic N) is 3. The van der Waals surface area contributed by atoms with E-state index >= 15 is 0 Å². The molecule has 2 atom stereocenters. The summed E-state index contributed by atoms with van der Waals surface area (Å²) in [5.74, 6) is 0.914. The number of hydrogen-bond donors (Lipinski definition) is 1. The lowest BCUT2D eigenvalue weighted by molar-refractivity contribution is -0.140. The number of benzene rings is 3. The van der Waals surface area contributed by atoms with Gasteiger partial charge in [-0.1, -0.05) is 43.3 Å². The number of aliphatic hydroxyl groups excluding tert-OH is 1. The number of methoxy groups -OCH3 is 1. The summed E-state index contributed by atoms with van der Waals surface area (Å²) in [6, 6.07) is 21.0. The molecule has 0 saturated carbocycles. The topological polar surface area (TPSA) is 103 Å². The number of fused-ring (bicyclic) bond motifs is 1. The van der Waals surface area contributed by atoms with Gasteiger partial charge in [-0.3, -0.25) is 4.79 Å². The van der Waals surface area contributed by atoms with E-state index in [1.807, 2.05) is 12.1 Å². The van der Waals surface area contributed by atoms with Crippen LogP contribution in [0, 0.1) is 0 Å². The Hall–Kier alpha value is -4.63. The van der Waals surface area contributed by atoms with E-state index in [0.717, 1.165) is 54.7 Å². The molecule has 2 heterocycles. The van der Waals surface area contributed by atoms with Crippen molar-refractivity contribution in [2.24, 2.45) is 0 Å². The van der Waals surface area contributed by atoms with Crippen LogP contribution < -0.4 is 9.47 Å². The van der Waals surface area contributed by atoms with Crippen LogP contribution in [-0.4, -0.2) is 64.6 Å². The molecule has 1 amide bonds. The lowest BCUT2D eigenvalue weighted by Crippen LogP contribution is -2.42. The van der Waals surface area contributed by atoms with Crippen LogP contribution in [0.15, 0.2) is 66.9 Å². The number of aliphatic hydroxyl groups is 1. The molecule has 1 unspecified atom stereocenters. The Morgan fingerprint density at radius 1 is 1.02 bits per heavy atom. The van der Waals surface area contributed by atoms with Gasteiger partial charge in [-0.25, -0.2) is 9.48 Å². The van der Waals surface area contributed by atoms with Gasteiger partial charge in [0.1, 0.15) is 23.5 Å². The van der Waals surface area contributed by atoms with E-state index in [2.05, 4.69) is 60.6 Å². The number of carbonyl (C=O) groups is 2. The predicted molar refractivity (Wildman–Crippen MR) is 179 cm³/mol. The van der Waals surface area contributed by atoms with Crippen molar-refractivity contribution in [3.05, 3.63) is 94.7 Å². The van der Waals surface area contributed by atoms with Crippen LogP contribution in [0.3, 0.4) is 0 Å². The minimum absolute atomic E-state index is 0.0928. The Kier molecular flexibility index (Phi) is 9.63. The Labute approximate surface area is 276 Å². The van der Waals surface area contributed by atoms with Crippen LogP contribution in [-0.2, 0) is 22.4 Å². The van der Waals surface area contributed by atoms with E-state index < -0.39 is 12.1 Å². The van der Waals surface area contributed by atoms with Crippen LogP contribution in [0.5, 0.6) is 11.6 Å². The van der Waals surface area contributed by atoms with Crippen molar-refractivity contribution in [3.63, 3.8) is 0 Å². The van der Waals surface area contributed by atoms with Crippen LogP contribution in [0.25, 0.3) is 16.8 Å². The molecule has 4 aromatic rings. The van der Waals surface area contributed by atoms with Gasteiger partial charge in [0.05, 0.1) is 25.6 Å². The van der Waals surface area contributed by atoms with Gasteiger partial charge in [-0.15, -0.1) is 0 Å². The molecule has 3 aromatic carbocycles. The van der Waals surface area contributed by atoms with Crippen molar-refractivity contribution < 1.29 is 28.9 Å². The van der Waals surface area contributed by atoms with Crippen molar-refractivity contribution in [1.82, 2.24) is 14.7 Å². The normalized spacial score (nSPS) is 16.9. The lowest BCUT2D eigenvalue weighted by atomic mass is 9.85. The lowest BCUT2D eigenvalue weighted by Gasteiger charge is -2.33. The maximum Gasteiger partial charge on any atom is 0.345 e. The molecule has 1 aliphatic heterocycles. The van der Waals surface area contributed by atoms with Crippen LogP contribution in [0.1, 0.15) is 84.7 Å². The van der Waals surface area contributed by atoms with Gasteiger partial charge in [0, 0.05) is 18.7 Å². The summed E-state index contributed by atoms with van der Waals surface area (Å²) in [5.41, 5.74) is 8.26. The third kappa shape index (κ3) is 6.49. The zero-order chi connectivity index (χ0) is 33.1. The van der Waals surface area contributed by atoms with Gasteiger partial charge in [-0.05, 0) is 104 Å². The smallest absolute Gasteiger partial charge is 0.345 e. The molecule has 47 heavy (non-hydrogen) atoms. The summed E-state index contributed by atoms with van der Waals surface area (Å²) in [4.78, 5) is 26.5. The minimum Gasteiger partial charge on any atom is -0.486 e. The fourth-order valence-corrected chi connectivity index (χ4v) is 7.08. The molecule has 1 N–H and O–H groups in total. The molecule has 246 valence electrons. The van der Waals surface area contributed by atoms with Crippen molar-refractivity contribution >= 4 is 11.9 Å². The first-order valence-corrected chi connectivity index (χ1v) is 16.6. The highest BCUT2D eigenvalue weighted by atomic mass is 16.5. The van der Waals surface area contributed by atoms with Gasteiger partial charge in [0.2, 0.25) is 5.88 Å². The molecule has 0 spiro atoms. The number of rotatable bonds is 10. The second-order valence-corrected chi connectivity index (χ2v) is 12.3. The predicted octanol–water partition coefficient (Wildman–Crippen LogP) is 6.44. The second-order valence-electron chi connectivity index (χ2n) is 12.3. The van der Waals surface area contributed by atoms with Gasteiger partial charge in [0.25, 0.3) is 5.91 Å². The fraction of sp³-hybridized carbons (Fsp3) is 0.395. The first-order valence-electron chi connectivity index (χ1n) is 16.6. The van der Waals surface area contributed by atoms with Gasteiger partial charge >= 0.3 is 5.97 Å². The van der Waals surface area contributed by atoms with E-state index in [0.29, 0.717) is 24.9 Å². The number of piperidine rings is 1. The first kappa shape index (κ1) is 32.3. The number of aromatic nitrogens is 2. The Morgan fingerprint density at radius 3 is 2.53 bits per heavy atom. The second kappa shape index (κ2) is 14.0. The number of hydrogen-bond acceptors (Lipinski definition) is 7. The molecule has 9 nitrogen and oxygen atoms in total. The average Bonchev–Trinajstić information content (AvgIpc) is 3.72. The van der Waals surface area contributed by atoms with E-state index in [4.69, 9.17) is 14.2 Å². The minimum atomic E-state index is -0.953. The molecule has 1 aliphatic carbocycles.